The Morgan fingerprint density at radius 2 is 1.75 bits per heavy atom. The van der Waals surface area contributed by atoms with Crippen LogP contribution in [0.1, 0.15) is 25.0 Å². The fraction of sp³-hybridized carbons (Fsp3) is 0.538. The summed E-state index contributed by atoms with van der Waals surface area (Å²) < 4.78 is 11.5. The molecular formula is C13H18O3. The molecule has 3 heteroatoms. The summed E-state index contributed by atoms with van der Waals surface area (Å²) in [4.78, 5) is 0. The molecule has 1 aliphatic heterocycles. The number of aryl methyl sites for hydroxylation is 1. The number of aliphatic hydroxyl groups excluding tert-OH is 1. The van der Waals surface area contributed by atoms with Crippen molar-refractivity contribution in [2.45, 2.75) is 27.4 Å². The van der Waals surface area contributed by atoms with Crippen LogP contribution in [0.15, 0.2) is 12.1 Å². The minimum atomic E-state index is 0.0201. The standard InChI is InChI=1S/C13H18O3/c1-9-4-11-12(5-10(9)6-14)16-8-13(2,3)7-15-11/h4-5,14H,6-8H2,1-3H3. The van der Waals surface area contributed by atoms with Crippen molar-refractivity contribution in [1.29, 1.82) is 0 Å². The number of ether oxygens (including phenoxy) is 2. The van der Waals surface area contributed by atoms with Crippen molar-refractivity contribution in [3.8, 4) is 11.5 Å². The maximum Gasteiger partial charge on any atom is 0.161 e. The lowest BCUT2D eigenvalue weighted by Gasteiger charge is -2.19. The van der Waals surface area contributed by atoms with E-state index in [1.54, 1.807) is 0 Å². The Balaban J connectivity index is 2.35. The van der Waals surface area contributed by atoms with Gasteiger partial charge in [-0.3, -0.25) is 0 Å². The number of hydrogen-bond acceptors (Lipinski definition) is 3. The predicted octanol–water partition coefficient (Wildman–Crippen LogP) is 2.28. The van der Waals surface area contributed by atoms with Crippen LogP contribution in [0.25, 0.3) is 0 Å². The van der Waals surface area contributed by atoms with Crippen molar-refractivity contribution in [3.05, 3.63) is 23.3 Å². The monoisotopic (exact) mass is 222 g/mol. The lowest BCUT2D eigenvalue weighted by molar-refractivity contribution is 0.140. The van der Waals surface area contributed by atoms with Crippen LogP contribution in [0.2, 0.25) is 0 Å². The van der Waals surface area contributed by atoms with Crippen LogP contribution >= 0.6 is 0 Å². The number of aliphatic hydroxyl groups is 1. The molecule has 0 saturated carbocycles. The average Bonchev–Trinajstić information content (AvgIpc) is 2.38. The Hall–Kier alpha value is -1.22. The summed E-state index contributed by atoms with van der Waals surface area (Å²) >= 11 is 0. The van der Waals surface area contributed by atoms with E-state index in [1.807, 2.05) is 19.1 Å². The van der Waals surface area contributed by atoms with E-state index < -0.39 is 0 Å². The molecule has 1 aromatic rings. The van der Waals surface area contributed by atoms with Crippen molar-refractivity contribution in [2.24, 2.45) is 5.41 Å². The van der Waals surface area contributed by atoms with Crippen molar-refractivity contribution >= 4 is 0 Å². The SMILES string of the molecule is Cc1cc2c(cc1CO)OCC(C)(C)CO2. The van der Waals surface area contributed by atoms with E-state index in [2.05, 4.69) is 13.8 Å². The summed E-state index contributed by atoms with van der Waals surface area (Å²) in [6.45, 7) is 7.50. The Bertz CT molecular complexity index is 396. The molecule has 0 amide bonds. The quantitative estimate of drug-likeness (QED) is 0.792. The van der Waals surface area contributed by atoms with Crippen LogP contribution in [-0.4, -0.2) is 18.3 Å². The Labute approximate surface area is 96.0 Å². The second kappa shape index (κ2) is 3.98. The highest BCUT2D eigenvalue weighted by molar-refractivity contribution is 5.47. The third kappa shape index (κ3) is 2.14. The highest BCUT2D eigenvalue weighted by Crippen LogP contribution is 2.35. The molecule has 16 heavy (non-hydrogen) atoms. The van der Waals surface area contributed by atoms with Crippen molar-refractivity contribution < 1.29 is 14.6 Å². The van der Waals surface area contributed by atoms with Crippen LogP contribution in [0, 0.1) is 12.3 Å². The molecule has 0 aliphatic carbocycles. The van der Waals surface area contributed by atoms with Gasteiger partial charge in [-0.15, -0.1) is 0 Å². The fourth-order valence-electron chi connectivity index (χ4n) is 1.69. The lowest BCUT2D eigenvalue weighted by Crippen LogP contribution is -2.26. The molecule has 2 rings (SSSR count). The predicted molar refractivity (Wildman–Crippen MR) is 61.9 cm³/mol. The molecule has 1 aromatic carbocycles. The minimum absolute atomic E-state index is 0.0201. The minimum Gasteiger partial charge on any atom is -0.489 e. The second-order valence-corrected chi connectivity index (χ2v) is 5.13. The summed E-state index contributed by atoms with van der Waals surface area (Å²) in [5.74, 6) is 1.51. The highest BCUT2D eigenvalue weighted by atomic mass is 16.5. The van der Waals surface area contributed by atoms with Gasteiger partial charge in [0.05, 0.1) is 19.8 Å². The largest absolute Gasteiger partial charge is 0.489 e. The van der Waals surface area contributed by atoms with Gasteiger partial charge in [0.15, 0.2) is 11.5 Å². The number of rotatable bonds is 1. The summed E-state index contributed by atoms with van der Waals surface area (Å²) in [6.07, 6.45) is 0. The summed E-state index contributed by atoms with van der Waals surface area (Å²) in [6, 6.07) is 3.80. The lowest BCUT2D eigenvalue weighted by atomic mass is 9.97. The van der Waals surface area contributed by atoms with Crippen LogP contribution in [0.5, 0.6) is 11.5 Å². The normalized spacial score (nSPS) is 18.0. The molecule has 0 atom stereocenters. The Kier molecular flexibility index (Phi) is 2.80. The van der Waals surface area contributed by atoms with Gasteiger partial charge in [0.2, 0.25) is 0 Å². The molecule has 1 N–H and O–H groups in total. The van der Waals surface area contributed by atoms with Gasteiger partial charge in [0, 0.05) is 5.41 Å². The molecular weight excluding hydrogens is 204 g/mol. The Morgan fingerprint density at radius 3 is 2.31 bits per heavy atom. The maximum atomic E-state index is 9.20. The molecule has 1 aliphatic rings. The highest BCUT2D eigenvalue weighted by Gasteiger charge is 2.25. The first kappa shape index (κ1) is 11.3. The van der Waals surface area contributed by atoms with E-state index in [0.717, 1.165) is 22.6 Å². The number of fused-ring (bicyclic) bond motifs is 1. The molecule has 1 heterocycles. The first-order valence-corrected chi connectivity index (χ1v) is 5.52. The van der Waals surface area contributed by atoms with E-state index in [-0.39, 0.29) is 12.0 Å². The third-order valence-electron chi connectivity index (χ3n) is 2.81. The van der Waals surface area contributed by atoms with Crippen molar-refractivity contribution in [1.82, 2.24) is 0 Å². The number of benzene rings is 1. The van der Waals surface area contributed by atoms with E-state index in [1.165, 1.54) is 0 Å². The zero-order valence-corrected chi connectivity index (χ0v) is 10.0. The number of hydrogen-bond donors (Lipinski definition) is 1. The average molecular weight is 222 g/mol. The molecule has 0 saturated heterocycles. The molecule has 88 valence electrons. The van der Waals surface area contributed by atoms with Gasteiger partial charge in [0.1, 0.15) is 0 Å². The zero-order chi connectivity index (χ0) is 11.8. The van der Waals surface area contributed by atoms with E-state index in [4.69, 9.17) is 9.47 Å². The summed E-state index contributed by atoms with van der Waals surface area (Å²) in [5.41, 5.74) is 1.94. The van der Waals surface area contributed by atoms with E-state index >= 15 is 0 Å². The van der Waals surface area contributed by atoms with Gasteiger partial charge in [0.25, 0.3) is 0 Å². The first-order chi connectivity index (χ1) is 7.52. The maximum absolute atomic E-state index is 9.20. The smallest absolute Gasteiger partial charge is 0.161 e. The third-order valence-corrected chi connectivity index (χ3v) is 2.81. The summed E-state index contributed by atoms with van der Waals surface area (Å²) in [5, 5.41) is 9.20. The van der Waals surface area contributed by atoms with Crippen LogP contribution in [0.4, 0.5) is 0 Å². The zero-order valence-electron chi connectivity index (χ0n) is 10.0. The molecule has 3 nitrogen and oxygen atoms in total. The molecule has 0 bridgehead atoms. The topological polar surface area (TPSA) is 38.7 Å². The van der Waals surface area contributed by atoms with E-state index in [0.29, 0.717) is 13.2 Å². The summed E-state index contributed by atoms with van der Waals surface area (Å²) in [7, 11) is 0. The molecule has 0 spiro atoms. The van der Waals surface area contributed by atoms with Crippen molar-refractivity contribution in [3.63, 3.8) is 0 Å². The van der Waals surface area contributed by atoms with Gasteiger partial charge >= 0.3 is 0 Å². The fourth-order valence-corrected chi connectivity index (χ4v) is 1.69. The van der Waals surface area contributed by atoms with Crippen molar-refractivity contribution in [2.75, 3.05) is 13.2 Å². The van der Waals surface area contributed by atoms with Crippen LogP contribution in [-0.2, 0) is 6.61 Å². The molecule has 0 fully saturated rings. The Morgan fingerprint density at radius 1 is 1.19 bits per heavy atom. The van der Waals surface area contributed by atoms with Gasteiger partial charge < -0.3 is 14.6 Å². The van der Waals surface area contributed by atoms with Gasteiger partial charge in [-0.1, -0.05) is 13.8 Å². The molecule has 0 aromatic heterocycles. The van der Waals surface area contributed by atoms with Gasteiger partial charge in [-0.05, 0) is 30.2 Å². The van der Waals surface area contributed by atoms with Gasteiger partial charge in [-0.25, -0.2) is 0 Å². The van der Waals surface area contributed by atoms with Crippen LogP contribution < -0.4 is 9.47 Å². The molecule has 0 radical (unpaired) electrons. The molecule has 0 unspecified atom stereocenters. The van der Waals surface area contributed by atoms with Crippen LogP contribution in [0.3, 0.4) is 0 Å². The van der Waals surface area contributed by atoms with Gasteiger partial charge in [-0.2, -0.15) is 0 Å². The first-order valence-electron chi connectivity index (χ1n) is 5.52. The second-order valence-electron chi connectivity index (χ2n) is 5.13. The van der Waals surface area contributed by atoms with E-state index in [9.17, 15) is 5.11 Å².